The van der Waals surface area contributed by atoms with Crippen molar-refractivity contribution in [2.24, 2.45) is 7.05 Å². The molecule has 0 saturated heterocycles. The Kier molecular flexibility index (Phi) is 3.10. The predicted octanol–water partition coefficient (Wildman–Crippen LogP) is 1.95. The summed E-state index contributed by atoms with van der Waals surface area (Å²) in [6, 6.07) is 9.16. The Morgan fingerprint density at radius 1 is 1.17 bits per heavy atom. The van der Waals surface area contributed by atoms with Crippen molar-refractivity contribution in [2.75, 3.05) is 12.8 Å². The first kappa shape index (κ1) is 12.2. The highest BCUT2D eigenvalue weighted by atomic mass is 16.5. The second-order valence-corrected chi connectivity index (χ2v) is 4.25. The van der Waals surface area contributed by atoms with Gasteiger partial charge in [0.1, 0.15) is 11.6 Å². The van der Waals surface area contributed by atoms with Gasteiger partial charge in [0.15, 0.2) is 0 Å². The molecule has 0 bridgehead atoms. The minimum absolute atomic E-state index is 0.113. The van der Waals surface area contributed by atoms with Crippen molar-refractivity contribution in [3.63, 3.8) is 0 Å². The number of pyridine rings is 1. The topological polar surface area (TPSA) is 57.2 Å². The van der Waals surface area contributed by atoms with Crippen LogP contribution in [0.3, 0.4) is 0 Å². The molecule has 0 amide bonds. The highest BCUT2D eigenvalue weighted by molar-refractivity contribution is 5.67. The van der Waals surface area contributed by atoms with Crippen LogP contribution in [-0.2, 0) is 7.05 Å². The highest BCUT2D eigenvalue weighted by Gasteiger charge is 2.05. The van der Waals surface area contributed by atoms with E-state index in [4.69, 9.17) is 10.5 Å². The lowest BCUT2D eigenvalue weighted by Gasteiger charge is -2.09. The normalized spacial score (nSPS) is 10.4. The van der Waals surface area contributed by atoms with Crippen LogP contribution in [-0.4, -0.2) is 11.7 Å². The van der Waals surface area contributed by atoms with Crippen LogP contribution in [0.2, 0.25) is 0 Å². The molecule has 1 aromatic carbocycles. The summed E-state index contributed by atoms with van der Waals surface area (Å²) in [5.74, 6) is 1.28. The van der Waals surface area contributed by atoms with E-state index in [1.807, 2.05) is 25.1 Å². The fraction of sp³-hybridized carbons (Fsp3) is 0.214. The maximum absolute atomic E-state index is 11.7. The third kappa shape index (κ3) is 2.09. The van der Waals surface area contributed by atoms with E-state index < -0.39 is 0 Å². The van der Waals surface area contributed by atoms with Gasteiger partial charge in [-0.3, -0.25) is 9.36 Å². The highest BCUT2D eigenvalue weighted by Crippen LogP contribution is 2.26. The molecular weight excluding hydrogens is 228 g/mol. The van der Waals surface area contributed by atoms with Gasteiger partial charge in [0.25, 0.3) is 5.56 Å². The van der Waals surface area contributed by atoms with Gasteiger partial charge < -0.3 is 10.5 Å². The molecule has 1 heterocycles. The number of hydrogen-bond acceptors (Lipinski definition) is 3. The zero-order valence-electron chi connectivity index (χ0n) is 10.7. The third-order valence-electron chi connectivity index (χ3n) is 3.03. The fourth-order valence-corrected chi connectivity index (χ4v) is 1.88. The Morgan fingerprint density at radius 2 is 1.89 bits per heavy atom. The van der Waals surface area contributed by atoms with Crippen LogP contribution in [0.4, 0.5) is 5.82 Å². The van der Waals surface area contributed by atoms with Crippen molar-refractivity contribution in [2.45, 2.75) is 6.92 Å². The summed E-state index contributed by atoms with van der Waals surface area (Å²) in [5, 5.41) is 0. The maximum Gasteiger partial charge on any atom is 0.252 e. The zero-order valence-corrected chi connectivity index (χ0v) is 10.7. The van der Waals surface area contributed by atoms with Crippen molar-refractivity contribution >= 4 is 5.82 Å². The SMILES string of the molecule is COc1ccc(-c2cc(N)n(C)c(=O)c2)cc1C. The van der Waals surface area contributed by atoms with E-state index in [0.717, 1.165) is 22.4 Å². The molecule has 4 nitrogen and oxygen atoms in total. The van der Waals surface area contributed by atoms with E-state index >= 15 is 0 Å². The molecule has 0 saturated carbocycles. The van der Waals surface area contributed by atoms with Crippen LogP contribution >= 0.6 is 0 Å². The summed E-state index contributed by atoms with van der Waals surface area (Å²) in [6.07, 6.45) is 0. The Bertz CT molecular complexity index is 645. The minimum atomic E-state index is -0.113. The van der Waals surface area contributed by atoms with Crippen molar-refractivity contribution in [1.29, 1.82) is 0 Å². The van der Waals surface area contributed by atoms with Crippen LogP contribution in [0.1, 0.15) is 5.56 Å². The smallest absolute Gasteiger partial charge is 0.252 e. The average molecular weight is 244 g/mol. The van der Waals surface area contributed by atoms with Gasteiger partial charge in [-0.1, -0.05) is 6.07 Å². The molecular formula is C14H16N2O2. The lowest BCUT2D eigenvalue weighted by Crippen LogP contribution is -2.18. The second kappa shape index (κ2) is 4.56. The summed E-state index contributed by atoms with van der Waals surface area (Å²) in [4.78, 5) is 11.7. The molecule has 0 radical (unpaired) electrons. The Hall–Kier alpha value is -2.23. The van der Waals surface area contributed by atoms with Crippen LogP contribution in [0.5, 0.6) is 5.75 Å². The number of ether oxygens (including phenoxy) is 1. The third-order valence-corrected chi connectivity index (χ3v) is 3.03. The van der Waals surface area contributed by atoms with E-state index in [1.165, 1.54) is 4.57 Å². The summed E-state index contributed by atoms with van der Waals surface area (Å²) >= 11 is 0. The van der Waals surface area contributed by atoms with Crippen LogP contribution in [0.15, 0.2) is 35.1 Å². The lowest BCUT2D eigenvalue weighted by atomic mass is 10.0. The summed E-state index contributed by atoms with van der Waals surface area (Å²) in [7, 11) is 3.29. The second-order valence-electron chi connectivity index (χ2n) is 4.25. The molecule has 0 aliphatic carbocycles. The molecule has 0 spiro atoms. The number of rotatable bonds is 2. The Labute approximate surface area is 106 Å². The standard InChI is InChI=1S/C14H16N2O2/c1-9-6-10(4-5-12(9)18-3)11-7-13(15)16(2)14(17)8-11/h4-8H,15H2,1-3H3. The largest absolute Gasteiger partial charge is 0.496 e. The molecule has 1 aromatic heterocycles. The number of aryl methyl sites for hydroxylation is 1. The predicted molar refractivity (Wildman–Crippen MR) is 72.8 cm³/mol. The number of nitrogens with two attached hydrogens (primary N) is 1. The van der Waals surface area contributed by atoms with E-state index in [-0.39, 0.29) is 5.56 Å². The number of nitrogen functional groups attached to an aromatic ring is 1. The van der Waals surface area contributed by atoms with Gasteiger partial charge in [-0.15, -0.1) is 0 Å². The Balaban J connectivity index is 2.56. The minimum Gasteiger partial charge on any atom is -0.496 e. The number of hydrogen-bond donors (Lipinski definition) is 1. The number of nitrogens with zero attached hydrogens (tertiary/aromatic N) is 1. The average Bonchev–Trinajstić information content (AvgIpc) is 2.35. The number of aromatic nitrogens is 1. The van der Waals surface area contributed by atoms with Gasteiger partial charge >= 0.3 is 0 Å². The molecule has 0 aliphatic heterocycles. The molecule has 0 atom stereocenters. The first-order valence-corrected chi connectivity index (χ1v) is 5.64. The Morgan fingerprint density at radius 3 is 2.44 bits per heavy atom. The molecule has 4 heteroatoms. The van der Waals surface area contributed by atoms with Gasteiger partial charge in [-0.05, 0) is 41.8 Å². The molecule has 0 fully saturated rings. The monoisotopic (exact) mass is 244 g/mol. The van der Waals surface area contributed by atoms with E-state index in [9.17, 15) is 4.79 Å². The number of benzene rings is 1. The van der Waals surface area contributed by atoms with Gasteiger partial charge in [-0.25, -0.2) is 0 Å². The quantitative estimate of drug-likeness (QED) is 0.878. The zero-order chi connectivity index (χ0) is 13.3. The number of anilines is 1. The number of methoxy groups -OCH3 is 1. The summed E-state index contributed by atoms with van der Waals surface area (Å²) in [5.41, 5.74) is 8.48. The van der Waals surface area contributed by atoms with E-state index in [0.29, 0.717) is 5.82 Å². The van der Waals surface area contributed by atoms with Gasteiger partial charge in [0, 0.05) is 13.1 Å². The van der Waals surface area contributed by atoms with Crippen molar-refractivity contribution in [3.05, 3.63) is 46.2 Å². The molecule has 94 valence electrons. The van der Waals surface area contributed by atoms with E-state index in [2.05, 4.69) is 0 Å². The lowest BCUT2D eigenvalue weighted by molar-refractivity contribution is 0.412. The van der Waals surface area contributed by atoms with Crippen molar-refractivity contribution in [1.82, 2.24) is 4.57 Å². The molecule has 2 N–H and O–H groups in total. The van der Waals surface area contributed by atoms with Gasteiger partial charge in [0.2, 0.25) is 0 Å². The molecule has 2 rings (SSSR count). The maximum atomic E-state index is 11.7. The molecule has 0 aliphatic rings. The van der Waals surface area contributed by atoms with Gasteiger partial charge in [-0.2, -0.15) is 0 Å². The molecule has 2 aromatic rings. The molecule has 18 heavy (non-hydrogen) atoms. The van der Waals surface area contributed by atoms with Crippen LogP contribution < -0.4 is 16.0 Å². The van der Waals surface area contributed by atoms with E-state index in [1.54, 1.807) is 26.3 Å². The van der Waals surface area contributed by atoms with Crippen LogP contribution in [0, 0.1) is 6.92 Å². The first-order valence-electron chi connectivity index (χ1n) is 5.64. The first-order chi connectivity index (χ1) is 8.52. The van der Waals surface area contributed by atoms with Gasteiger partial charge in [0.05, 0.1) is 7.11 Å². The summed E-state index contributed by atoms with van der Waals surface area (Å²) < 4.78 is 6.63. The molecule has 0 unspecified atom stereocenters. The van der Waals surface area contributed by atoms with Crippen molar-refractivity contribution < 1.29 is 4.74 Å². The fourth-order valence-electron chi connectivity index (χ4n) is 1.88. The van der Waals surface area contributed by atoms with Crippen molar-refractivity contribution in [3.8, 4) is 16.9 Å². The summed E-state index contributed by atoms with van der Waals surface area (Å²) in [6.45, 7) is 1.97. The van der Waals surface area contributed by atoms with Crippen LogP contribution in [0.25, 0.3) is 11.1 Å².